The van der Waals surface area contributed by atoms with Gasteiger partial charge in [0.25, 0.3) is 5.91 Å². The molecule has 1 aromatic carbocycles. The second-order valence-corrected chi connectivity index (χ2v) is 6.46. The van der Waals surface area contributed by atoms with Crippen LogP contribution < -0.4 is 5.32 Å². The third-order valence-corrected chi connectivity index (χ3v) is 4.47. The summed E-state index contributed by atoms with van der Waals surface area (Å²) in [4.78, 5) is 24.1. The first-order chi connectivity index (χ1) is 10.4. The lowest BCUT2D eigenvalue weighted by Gasteiger charge is -2.35. The number of hydrogen-bond acceptors (Lipinski definition) is 3. The molecule has 0 atom stereocenters. The van der Waals surface area contributed by atoms with E-state index >= 15 is 0 Å². The second kappa shape index (κ2) is 6.92. The maximum absolute atomic E-state index is 12.4. The number of carbonyl (C=O) groups excluding carboxylic acids is 2. The number of rotatable bonds is 5. The van der Waals surface area contributed by atoms with Crippen LogP contribution in [0, 0.1) is 0 Å². The smallest absolute Gasteiger partial charge is 0.339 e. The molecule has 1 fully saturated rings. The average Bonchev–Trinajstić information content (AvgIpc) is 3.01. The summed E-state index contributed by atoms with van der Waals surface area (Å²) in [7, 11) is 5.53. The van der Waals surface area contributed by atoms with E-state index in [4.69, 9.17) is 4.74 Å². The number of nitrogens with zero attached hydrogens (tertiary/aromatic N) is 1. The van der Waals surface area contributed by atoms with Gasteiger partial charge in [-0.15, -0.1) is 0 Å². The van der Waals surface area contributed by atoms with Crippen LogP contribution in [0.2, 0.25) is 0 Å². The first kappa shape index (κ1) is 16.5. The number of hydrogen-bond donors (Lipinski definition) is 1. The summed E-state index contributed by atoms with van der Waals surface area (Å²) < 4.78 is 5.43. The zero-order chi connectivity index (χ0) is 16.2. The third kappa shape index (κ3) is 3.85. The molecule has 1 aliphatic carbocycles. The standard InChI is InChI=1S/C17H24N2O3/c1-19(2,13-8-4-5-9-13)12-16(20)18-15-11-7-6-10-14(15)17(21)22-3/h6-7,10-11,13H,4-5,8-9,12H2,1-3H3/p+1. The van der Waals surface area contributed by atoms with E-state index in [1.165, 1.54) is 32.8 Å². The topological polar surface area (TPSA) is 55.4 Å². The van der Waals surface area contributed by atoms with Crippen molar-refractivity contribution in [1.82, 2.24) is 0 Å². The highest BCUT2D eigenvalue weighted by Gasteiger charge is 2.33. The molecule has 5 nitrogen and oxygen atoms in total. The Labute approximate surface area is 131 Å². The van der Waals surface area contributed by atoms with Gasteiger partial charge in [0.2, 0.25) is 0 Å². The van der Waals surface area contributed by atoms with E-state index < -0.39 is 5.97 Å². The van der Waals surface area contributed by atoms with Crippen LogP contribution in [0.15, 0.2) is 24.3 Å². The van der Waals surface area contributed by atoms with Crippen LogP contribution in [0.1, 0.15) is 36.0 Å². The molecule has 1 aromatic rings. The van der Waals surface area contributed by atoms with Gasteiger partial charge in [-0.25, -0.2) is 4.79 Å². The fourth-order valence-electron chi connectivity index (χ4n) is 3.17. The van der Waals surface area contributed by atoms with E-state index in [1.54, 1.807) is 24.3 Å². The van der Waals surface area contributed by atoms with Crippen molar-refractivity contribution in [3.63, 3.8) is 0 Å². The van der Waals surface area contributed by atoms with Gasteiger partial charge in [0.05, 0.1) is 38.5 Å². The van der Waals surface area contributed by atoms with Crippen molar-refractivity contribution in [3.8, 4) is 0 Å². The van der Waals surface area contributed by atoms with Gasteiger partial charge in [0.1, 0.15) is 0 Å². The molecule has 1 saturated carbocycles. The Morgan fingerprint density at radius 3 is 2.50 bits per heavy atom. The Hall–Kier alpha value is -1.88. The van der Waals surface area contributed by atoms with E-state index in [9.17, 15) is 9.59 Å². The van der Waals surface area contributed by atoms with E-state index in [-0.39, 0.29) is 5.91 Å². The highest BCUT2D eigenvalue weighted by Crippen LogP contribution is 2.26. The molecule has 1 N–H and O–H groups in total. The van der Waals surface area contributed by atoms with Crippen molar-refractivity contribution >= 4 is 17.6 Å². The summed E-state index contributed by atoms with van der Waals surface area (Å²) in [6.45, 7) is 0.403. The second-order valence-electron chi connectivity index (χ2n) is 6.46. The van der Waals surface area contributed by atoms with Crippen molar-refractivity contribution < 1.29 is 18.8 Å². The van der Waals surface area contributed by atoms with Crippen molar-refractivity contribution in [1.29, 1.82) is 0 Å². The summed E-state index contributed by atoms with van der Waals surface area (Å²) in [5, 5.41) is 2.85. The van der Waals surface area contributed by atoms with E-state index in [0.29, 0.717) is 28.3 Å². The normalized spacial score (nSPS) is 15.6. The summed E-state index contributed by atoms with van der Waals surface area (Å²) in [5.41, 5.74) is 0.885. The Morgan fingerprint density at radius 2 is 1.86 bits per heavy atom. The minimum atomic E-state index is -0.444. The lowest BCUT2D eigenvalue weighted by atomic mass is 10.1. The Balaban J connectivity index is 2.04. The number of methoxy groups -OCH3 is 1. The molecule has 0 bridgehead atoms. The van der Waals surface area contributed by atoms with Crippen molar-refractivity contribution in [2.45, 2.75) is 31.7 Å². The maximum Gasteiger partial charge on any atom is 0.339 e. The number of ether oxygens (including phenoxy) is 1. The number of para-hydroxylation sites is 1. The number of amides is 1. The molecule has 0 saturated heterocycles. The quantitative estimate of drug-likeness (QED) is 0.671. The molecule has 0 aromatic heterocycles. The van der Waals surface area contributed by atoms with Crippen molar-refractivity contribution in [2.24, 2.45) is 0 Å². The number of benzene rings is 1. The number of quaternary nitrogens is 1. The van der Waals surface area contributed by atoms with Gasteiger partial charge >= 0.3 is 5.97 Å². The highest BCUT2D eigenvalue weighted by atomic mass is 16.5. The molecule has 0 heterocycles. The molecule has 22 heavy (non-hydrogen) atoms. The molecular formula is C17H25N2O3+. The predicted octanol–water partition coefficient (Wildman–Crippen LogP) is 2.43. The molecule has 5 heteroatoms. The van der Waals surface area contributed by atoms with Crippen LogP contribution in [-0.2, 0) is 9.53 Å². The number of anilines is 1. The number of carbonyl (C=O) groups is 2. The summed E-state index contributed by atoms with van der Waals surface area (Å²) in [6, 6.07) is 7.46. The Bertz CT molecular complexity index is 549. The molecule has 1 amide bonds. The largest absolute Gasteiger partial charge is 0.465 e. The van der Waals surface area contributed by atoms with Gasteiger partial charge in [0, 0.05) is 0 Å². The molecular weight excluding hydrogens is 280 g/mol. The van der Waals surface area contributed by atoms with Crippen LogP contribution in [0.4, 0.5) is 5.69 Å². The SMILES string of the molecule is COC(=O)c1ccccc1NC(=O)C[N+](C)(C)C1CCCC1. The fraction of sp³-hybridized carbons (Fsp3) is 0.529. The zero-order valence-electron chi connectivity index (χ0n) is 13.6. The molecule has 1 aliphatic rings. The number of likely N-dealkylation sites (N-methyl/N-ethyl adjacent to an activating group) is 1. The lowest BCUT2D eigenvalue weighted by molar-refractivity contribution is -0.906. The summed E-state index contributed by atoms with van der Waals surface area (Å²) >= 11 is 0. The fourth-order valence-corrected chi connectivity index (χ4v) is 3.17. The minimum absolute atomic E-state index is 0.0757. The van der Waals surface area contributed by atoms with Crippen LogP contribution in [0.5, 0.6) is 0 Å². The maximum atomic E-state index is 12.4. The van der Waals surface area contributed by atoms with Gasteiger partial charge in [-0.1, -0.05) is 12.1 Å². The lowest BCUT2D eigenvalue weighted by Crippen LogP contribution is -2.51. The Morgan fingerprint density at radius 1 is 1.23 bits per heavy atom. The molecule has 0 spiro atoms. The summed E-state index contributed by atoms with van der Waals surface area (Å²) in [6.07, 6.45) is 4.86. The van der Waals surface area contributed by atoms with Crippen LogP contribution in [0.3, 0.4) is 0 Å². The van der Waals surface area contributed by atoms with E-state index in [2.05, 4.69) is 19.4 Å². The number of nitrogens with one attached hydrogen (secondary N) is 1. The van der Waals surface area contributed by atoms with Crippen LogP contribution >= 0.6 is 0 Å². The molecule has 120 valence electrons. The van der Waals surface area contributed by atoms with Crippen molar-refractivity contribution in [3.05, 3.63) is 29.8 Å². The third-order valence-electron chi connectivity index (χ3n) is 4.47. The van der Waals surface area contributed by atoms with Gasteiger partial charge in [0.15, 0.2) is 6.54 Å². The highest BCUT2D eigenvalue weighted by molar-refractivity contribution is 6.01. The molecule has 0 aliphatic heterocycles. The van der Waals surface area contributed by atoms with Crippen molar-refractivity contribution in [2.75, 3.05) is 33.1 Å². The number of esters is 1. The van der Waals surface area contributed by atoms with Gasteiger partial charge < -0.3 is 14.5 Å². The Kier molecular flexibility index (Phi) is 5.19. The minimum Gasteiger partial charge on any atom is -0.465 e. The average molecular weight is 305 g/mol. The first-order valence-corrected chi connectivity index (χ1v) is 7.74. The zero-order valence-corrected chi connectivity index (χ0v) is 13.6. The molecule has 0 radical (unpaired) electrons. The predicted molar refractivity (Wildman–Crippen MR) is 85.6 cm³/mol. The van der Waals surface area contributed by atoms with Crippen LogP contribution in [0.25, 0.3) is 0 Å². The van der Waals surface area contributed by atoms with Gasteiger partial charge in [-0.3, -0.25) is 4.79 Å². The first-order valence-electron chi connectivity index (χ1n) is 7.74. The summed E-state index contributed by atoms with van der Waals surface area (Å²) in [5.74, 6) is -0.520. The van der Waals surface area contributed by atoms with Gasteiger partial charge in [-0.05, 0) is 37.8 Å². The molecule has 2 rings (SSSR count). The monoisotopic (exact) mass is 305 g/mol. The van der Waals surface area contributed by atoms with Crippen LogP contribution in [-0.4, -0.2) is 50.2 Å². The van der Waals surface area contributed by atoms with E-state index in [0.717, 1.165) is 0 Å². The molecule has 0 unspecified atom stereocenters. The van der Waals surface area contributed by atoms with Gasteiger partial charge in [-0.2, -0.15) is 0 Å². The van der Waals surface area contributed by atoms with E-state index in [1.807, 2.05) is 0 Å².